The third-order valence-corrected chi connectivity index (χ3v) is 3.34. The third-order valence-electron chi connectivity index (χ3n) is 3.34. The van der Waals surface area contributed by atoms with E-state index >= 15 is 0 Å². The van der Waals surface area contributed by atoms with Crippen LogP contribution in [0.2, 0.25) is 0 Å². The Balaban J connectivity index is 2.04. The molecular weight excluding hydrogens is 288 g/mol. The molecule has 22 heavy (non-hydrogen) atoms. The molecule has 1 atom stereocenters. The molecule has 0 aliphatic heterocycles. The molecule has 2 rings (SSSR count). The number of carbonyl (C=O) groups is 1. The number of alkyl halides is 2. The summed E-state index contributed by atoms with van der Waals surface area (Å²) in [6, 6.07) is 13.3. The largest absolute Gasteiger partial charge is 0.435 e. The van der Waals surface area contributed by atoms with Crippen molar-refractivity contribution in [2.75, 3.05) is 0 Å². The van der Waals surface area contributed by atoms with Crippen molar-refractivity contribution in [1.29, 1.82) is 0 Å². The summed E-state index contributed by atoms with van der Waals surface area (Å²) in [5.74, 6) is -0.0744. The van der Waals surface area contributed by atoms with E-state index in [1.54, 1.807) is 18.2 Å². The summed E-state index contributed by atoms with van der Waals surface area (Å²) >= 11 is 0. The Labute approximate surface area is 127 Å². The van der Waals surface area contributed by atoms with Gasteiger partial charge in [-0.15, -0.1) is 0 Å². The van der Waals surface area contributed by atoms with E-state index in [2.05, 4.69) is 10.1 Å². The van der Waals surface area contributed by atoms with Gasteiger partial charge in [-0.1, -0.05) is 30.3 Å². The van der Waals surface area contributed by atoms with Crippen LogP contribution >= 0.6 is 0 Å². The van der Waals surface area contributed by atoms with Crippen LogP contribution in [0.3, 0.4) is 0 Å². The van der Waals surface area contributed by atoms with Crippen molar-refractivity contribution in [2.45, 2.75) is 26.5 Å². The van der Waals surface area contributed by atoms with Gasteiger partial charge in [-0.2, -0.15) is 8.78 Å². The zero-order chi connectivity index (χ0) is 16.1. The fourth-order valence-electron chi connectivity index (χ4n) is 2.12. The minimum Gasteiger partial charge on any atom is -0.435 e. The Kier molecular flexibility index (Phi) is 5.09. The highest BCUT2D eigenvalue weighted by Gasteiger charge is 2.13. The van der Waals surface area contributed by atoms with Gasteiger partial charge >= 0.3 is 6.61 Å². The van der Waals surface area contributed by atoms with Crippen molar-refractivity contribution in [3.8, 4) is 5.75 Å². The van der Waals surface area contributed by atoms with Crippen molar-refractivity contribution in [1.82, 2.24) is 5.32 Å². The molecule has 5 heteroatoms. The molecule has 0 bridgehead atoms. The number of carbonyl (C=O) groups excluding carboxylic acids is 1. The number of ether oxygens (including phenoxy) is 1. The van der Waals surface area contributed by atoms with E-state index in [9.17, 15) is 13.6 Å². The van der Waals surface area contributed by atoms with Gasteiger partial charge in [0.25, 0.3) is 5.91 Å². The highest BCUT2D eigenvalue weighted by atomic mass is 19.3. The van der Waals surface area contributed by atoms with E-state index in [0.29, 0.717) is 5.56 Å². The lowest BCUT2D eigenvalue weighted by Crippen LogP contribution is -2.27. The van der Waals surface area contributed by atoms with Gasteiger partial charge in [-0.3, -0.25) is 4.79 Å². The SMILES string of the molecule is Cc1ccccc1C(=O)NC(C)c1ccc(OC(F)F)cc1. The first-order valence-electron chi connectivity index (χ1n) is 6.88. The van der Waals surface area contributed by atoms with Gasteiger partial charge in [0.1, 0.15) is 5.75 Å². The Morgan fingerprint density at radius 1 is 1.09 bits per heavy atom. The second kappa shape index (κ2) is 7.02. The number of hydrogen-bond acceptors (Lipinski definition) is 2. The highest BCUT2D eigenvalue weighted by molar-refractivity contribution is 5.95. The number of aryl methyl sites for hydroxylation is 1. The summed E-state index contributed by atoms with van der Waals surface area (Å²) in [5.41, 5.74) is 2.32. The average Bonchev–Trinajstić information content (AvgIpc) is 2.47. The number of hydrogen-bond donors (Lipinski definition) is 1. The summed E-state index contributed by atoms with van der Waals surface area (Å²) < 4.78 is 28.5. The smallest absolute Gasteiger partial charge is 0.387 e. The fourth-order valence-corrected chi connectivity index (χ4v) is 2.12. The summed E-state index contributed by atoms with van der Waals surface area (Å²) in [4.78, 5) is 12.2. The predicted molar refractivity (Wildman–Crippen MR) is 80.1 cm³/mol. The Morgan fingerprint density at radius 3 is 2.32 bits per heavy atom. The van der Waals surface area contributed by atoms with Crippen LogP contribution in [0.25, 0.3) is 0 Å². The molecule has 0 aliphatic rings. The molecule has 1 amide bonds. The molecule has 1 N–H and O–H groups in total. The summed E-state index contributed by atoms with van der Waals surface area (Å²) in [7, 11) is 0. The zero-order valence-electron chi connectivity index (χ0n) is 12.3. The summed E-state index contributed by atoms with van der Waals surface area (Å²) in [6.45, 7) is 0.860. The van der Waals surface area contributed by atoms with Gasteiger partial charge in [0.05, 0.1) is 6.04 Å². The summed E-state index contributed by atoms with van der Waals surface area (Å²) in [6.07, 6.45) is 0. The molecule has 0 aliphatic carbocycles. The second-order valence-electron chi connectivity index (χ2n) is 4.96. The fraction of sp³-hybridized carbons (Fsp3) is 0.235. The van der Waals surface area contributed by atoms with Crippen LogP contribution in [0.1, 0.15) is 34.5 Å². The van der Waals surface area contributed by atoms with E-state index in [-0.39, 0.29) is 17.7 Å². The number of nitrogens with one attached hydrogen (secondary N) is 1. The van der Waals surface area contributed by atoms with E-state index in [0.717, 1.165) is 11.1 Å². The van der Waals surface area contributed by atoms with Gasteiger partial charge in [0.15, 0.2) is 0 Å². The van der Waals surface area contributed by atoms with Crippen molar-refractivity contribution in [3.05, 3.63) is 65.2 Å². The molecule has 0 spiro atoms. The van der Waals surface area contributed by atoms with E-state index < -0.39 is 6.61 Å². The molecule has 2 aromatic carbocycles. The molecule has 3 nitrogen and oxygen atoms in total. The molecule has 0 heterocycles. The molecule has 0 aromatic heterocycles. The van der Waals surface area contributed by atoms with Crippen molar-refractivity contribution >= 4 is 5.91 Å². The Hall–Kier alpha value is -2.43. The number of halogens is 2. The lowest BCUT2D eigenvalue weighted by atomic mass is 10.1. The number of rotatable bonds is 5. The van der Waals surface area contributed by atoms with Crippen LogP contribution < -0.4 is 10.1 Å². The maximum Gasteiger partial charge on any atom is 0.387 e. The van der Waals surface area contributed by atoms with Crippen LogP contribution in [0.15, 0.2) is 48.5 Å². The molecular formula is C17H17F2NO2. The lowest BCUT2D eigenvalue weighted by Gasteiger charge is -2.16. The first-order valence-corrected chi connectivity index (χ1v) is 6.88. The summed E-state index contributed by atoms with van der Waals surface area (Å²) in [5, 5.41) is 2.89. The van der Waals surface area contributed by atoms with Crippen LogP contribution in [0, 0.1) is 6.92 Å². The quantitative estimate of drug-likeness (QED) is 0.903. The standard InChI is InChI=1S/C17H17F2NO2/c1-11-5-3-4-6-15(11)16(21)20-12(2)13-7-9-14(10-8-13)22-17(18)19/h3-10,12,17H,1-2H3,(H,20,21). The van der Waals surface area contributed by atoms with Gasteiger partial charge < -0.3 is 10.1 Å². The van der Waals surface area contributed by atoms with Gasteiger partial charge in [-0.25, -0.2) is 0 Å². The molecule has 0 saturated heterocycles. The van der Waals surface area contributed by atoms with E-state index in [1.165, 1.54) is 12.1 Å². The minimum atomic E-state index is -2.84. The maximum atomic E-state index is 12.2. The van der Waals surface area contributed by atoms with Crippen LogP contribution in [-0.2, 0) is 0 Å². The zero-order valence-corrected chi connectivity index (χ0v) is 12.3. The molecule has 1 unspecified atom stereocenters. The van der Waals surface area contributed by atoms with E-state index in [4.69, 9.17) is 0 Å². The molecule has 2 aromatic rings. The first-order chi connectivity index (χ1) is 10.5. The Morgan fingerprint density at radius 2 is 1.73 bits per heavy atom. The minimum absolute atomic E-state index is 0.0937. The van der Waals surface area contributed by atoms with Gasteiger partial charge in [0.2, 0.25) is 0 Å². The monoisotopic (exact) mass is 305 g/mol. The topological polar surface area (TPSA) is 38.3 Å². The normalized spacial score (nSPS) is 12.0. The van der Waals surface area contributed by atoms with Gasteiger partial charge in [0, 0.05) is 5.56 Å². The molecule has 0 radical (unpaired) electrons. The van der Waals surface area contributed by atoms with Crippen LogP contribution in [0.4, 0.5) is 8.78 Å². The van der Waals surface area contributed by atoms with E-state index in [1.807, 2.05) is 32.0 Å². The third kappa shape index (κ3) is 4.04. The van der Waals surface area contributed by atoms with Crippen molar-refractivity contribution < 1.29 is 18.3 Å². The molecule has 0 saturated carbocycles. The lowest BCUT2D eigenvalue weighted by molar-refractivity contribution is -0.0498. The van der Waals surface area contributed by atoms with Crippen LogP contribution in [-0.4, -0.2) is 12.5 Å². The van der Waals surface area contributed by atoms with Crippen molar-refractivity contribution in [3.63, 3.8) is 0 Å². The Bertz CT molecular complexity index is 641. The second-order valence-corrected chi connectivity index (χ2v) is 4.96. The number of benzene rings is 2. The maximum absolute atomic E-state index is 12.2. The van der Waals surface area contributed by atoms with Crippen molar-refractivity contribution in [2.24, 2.45) is 0 Å². The number of amides is 1. The highest BCUT2D eigenvalue weighted by Crippen LogP contribution is 2.19. The average molecular weight is 305 g/mol. The predicted octanol–water partition coefficient (Wildman–Crippen LogP) is 4.09. The molecule has 116 valence electrons. The first kappa shape index (κ1) is 15.9. The molecule has 0 fully saturated rings. The van der Waals surface area contributed by atoms with Gasteiger partial charge in [-0.05, 0) is 43.2 Å². The van der Waals surface area contributed by atoms with Crippen LogP contribution in [0.5, 0.6) is 5.75 Å².